The van der Waals surface area contributed by atoms with E-state index in [9.17, 15) is 24.6 Å². The number of amides is 2. The van der Waals surface area contributed by atoms with Gasteiger partial charge in [0.1, 0.15) is 5.75 Å². The molecule has 2 amide bonds. The number of fused-ring (bicyclic) bond motifs is 1. The highest BCUT2D eigenvalue weighted by molar-refractivity contribution is 5.99. The molecule has 0 aromatic heterocycles. The van der Waals surface area contributed by atoms with E-state index in [1.165, 1.54) is 0 Å². The van der Waals surface area contributed by atoms with Crippen LogP contribution in [0.1, 0.15) is 79.2 Å². The number of benzene rings is 2. The van der Waals surface area contributed by atoms with Crippen LogP contribution < -0.4 is 10.1 Å². The van der Waals surface area contributed by atoms with Crippen LogP contribution in [0.25, 0.3) is 0 Å². The third-order valence-corrected chi connectivity index (χ3v) is 8.49. The first-order valence-corrected chi connectivity index (χ1v) is 16.7. The first-order valence-electron chi connectivity index (χ1n) is 16.7. The Kier molecular flexibility index (Phi) is 15.1. The van der Waals surface area contributed by atoms with Crippen LogP contribution in [0.4, 0.5) is 5.69 Å². The normalized spacial score (nSPS) is 20.3. The maximum atomic E-state index is 14.3. The minimum atomic E-state index is -0.955. The van der Waals surface area contributed by atoms with Crippen molar-refractivity contribution < 1.29 is 34.1 Å². The summed E-state index contributed by atoms with van der Waals surface area (Å²) in [6, 6.07) is 11.6. The molecule has 0 saturated carbocycles. The Morgan fingerprint density at radius 2 is 1.81 bits per heavy atom. The van der Waals surface area contributed by atoms with Crippen molar-refractivity contribution in [2.75, 3.05) is 59.3 Å². The van der Waals surface area contributed by atoms with Crippen molar-refractivity contribution in [1.29, 1.82) is 0 Å². The number of nitrogens with zero attached hydrogens (tertiary/aromatic N) is 3. The standard InChI is InChI=1S/C36H54N4O7/c1-25-21-40(26(2)24-41)35(43)31-20-30(37-34(42)11-9-18-38(4)5)16-17-32(31)47-27(3)10-7-8-19-46-33(25)23-39(6)22-28-12-14-29(15-13-28)36(44)45/h12-17,20,25-27,33,41H,7-11,18-19,21-24H2,1-6H3,(H,37,42)(H,44,45)/t25-,26-,27+,33-/m1/s1. The van der Waals surface area contributed by atoms with Crippen LogP contribution in [0.3, 0.4) is 0 Å². The molecule has 11 heteroatoms. The molecule has 47 heavy (non-hydrogen) atoms. The number of carboxylic acid groups (broad SMARTS) is 1. The fraction of sp³-hybridized carbons (Fsp3) is 0.583. The Morgan fingerprint density at radius 1 is 1.09 bits per heavy atom. The van der Waals surface area contributed by atoms with Crippen molar-refractivity contribution in [1.82, 2.24) is 14.7 Å². The van der Waals surface area contributed by atoms with Crippen LogP contribution in [-0.4, -0.2) is 115 Å². The molecule has 2 aromatic carbocycles. The summed E-state index contributed by atoms with van der Waals surface area (Å²) in [5.41, 5.74) is 2.10. The molecular formula is C36H54N4O7. The molecule has 0 unspecified atom stereocenters. The Morgan fingerprint density at radius 3 is 2.47 bits per heavy atom. The Hall–Kier alpha value is -3.51. The van der Waals surface area contributed by atoms with Gasteiger partial charge < -0.3 is 34.8 Å². The van der Waals surface area contributed by atoms with Gasteiger partial charge in [0.05, 0.1) is 36.0 Å². The molecule has 2 aromatic rings. The number of likely N-dealkylation sites (N-methyl/N-ethyl adjacent to an activating group) is 1. The predicted octanol–water partition coefficient (Wildman–Crippen LogP) is 4.59. The molecule has 1 aliphatic heterocycles. The molecule has 3 N–H and O–H groups in total. The van der Waals surface area contributed by atoms with E-state index < -0.39 is 12.0 Å². The molecule has 3 rings (SSSR count). The molecule has 260 valence electrons. The maximum Gasteiger partial charge on any atom is 0.335 e. The van der Waals surface area contributed by atoms with Gasteiger partial charge in [-0.05, 0) is 103 Å². The first-order chi connectivity index (χ1) is 22.4. The topological polar surface area (TPSA) is 132 Å². The Labute approximate surface area is 279 Å². The molecule has 4 atom stereocenters. The van der Waals surface area contributed by atoms with Gasteiger partial charge >= 0.3 is 5.97 Å². The average Bonchev–Trinajstić information content (AvgIpc) is 3.02. The molecular weight excluding hydrogens is 600 g/mol. The monoisotopic (exact) mass is 654 g/mol. The van der Waals surface area contributed by atoms with Crippen molar-refractivity contribution >= 4 is 23.5 Å². The van der Waals surface area contributed by atoms with Crippen LogP contribution in [-0.2, 0) is 16.1 Å². The molecule has 1 heterocycles. The van der Waals surface area contributed by atoms with E-state index in [2.05, 4.69) is 17.1 Å². The number of hydrogen-bond donors (Lipinski definition) is 3. The minimum absolute atomic E-state index is 0.0874. The quantitative estimate of drug-likeness (QED) is 0.301. The van der Waals surface area contributed by atoms with Crippen LogP contribution in [0.2, 0.25) is 0 Å². The third-order valence-electron chi connectivity index (χ3n) is 8.49. The van der Waals surface area contributed by atoms with Crippen molar-refractivity contribution in [2.45, 2.75) is 77.7 Å². The van der Waals surface area contributed by atoms with E-state index >= 15 is 0 Å². The second kappa shape index (κ2) is 18.7. The smallest absolute Gasteiger partial charge is 0.335 e. The first kappa shape index (κ1) is 37.9. The van der Waals surface area contributed by atoms with Gasteiger partial charge in [0.15, 0.2) is 0 Å². The number of aliphatic hydroxyl groups is 1. The highest BCUT2D eigenvalue weighted by atomic mass is 16.5. The van der Waals surface area contributed by atoms with E-state index in [0.717, 1.165) is 37.8 Å². The molecule has 0 aliphatic carbocycles. The lowest BCUT2D eigenvalue weighted by molar-refractivity contribution is -0.116. The molecule has 0 radical (unpaired) electrons. The SMILES string of the molecule is C[C@@H]1CN([C@H](C)CO)C(=O)c2cc(NC(=O)CCCN(C)C)ccc2O[C@@H](C)CCCCO[C@@H]1CN(C)Cc1ccc(C(=O)O)cc1. The van der Waals surface area contributed by atoms with Gasteiger partial charge in [-0.1, -0.05) is 19.1 Å². The maximum absolute atomic E-state index is 14.3. The van der Waals surface area contributed by atoms with E-state index in [1.54, 1.807) is 35.2 Å². The van der Waals surface area contributed by atoms with Crippen LogP contribution in [0, 0.1) is 5.92 Å². The number of carboxylic acids is 1. The lowest BCUT2D eigenvalue weighted by Gasteiger charge is -2.36. The summed E-state index contributed by atoms with van der Waals surface area (Å²) in [4.78, 5) is 44.1. The minimum Gasteiger partial charge on any atom is -0.490 e. The number of aromatic carboxylic acids is 1. The van der Waals surface area contributed by atoms with Gasteiger partial charge in [0, 0.05) is 44.3 Å². The number of nitrogens with one attached hydrogen (secondary N) is 1. The zero-order valence-corrected chi connectivity index (χ0v) is 28.9. The molecule has 0 saturated heterocycles. The van der Waals surface area contributed by atoms with Gasteiger partial charge in [0.25, 0.3) is 5.91 Å². The lowest BCUT2D eigenvalue weighted by Crippen LogP contribution is -2.47. The average molecular weight is 655 g/mol. The number of ether oxygens (including phenoxy) is 2. The van der Waals surface area contributed by atoms with Gasteiger partial charge in [-0.15, -0.1) is 0 Å². The van der Waals surface area contributed by atoms with Crippen molar-refractivity contribution in [3.63, 3.8) is 0 Å². The second-order valence-corrected chi connectivity index (χ2v) is 13.2. The van der Waals surface area contributed by atoms with E-state index in [-0.39, 0.29) is 42.1 Å². The molecule has 1 aliphatic rings. The Balaban J connectivity index is 1.85. The van der Waals surface area contributed by atoms with Crippen LogP contribution >= 0.6 is 0 Å². The number of aliphatic hydroxyl groups excluding tert-OH is 1. The third kappa shape index (κ3) is 12.2. The van der Waals surface area contributed by atoms with Crippen LogP contribution in [0.15, 0.2) is 42.5 Å². The molecule has 0 bridgehead atoms. The highest BCUT2D eigenvalue weighted by Crippen LogP contribution is 2.29. The zero-order valence-electron chi connectivity index (χ0n) is 28.9. The van der Waals surface area contributed by atoms with E-state index in [4.69, 9.17) is 9.47 Å². The summed E-state index contributed by atoms with van der Waals surface area (Å²) < 4.78 is 12.8. The van der Waals surface area contributed by atoms with Gasteiger partial charge in [-0.25, -0.2) is 4.79 Å². The highest BCUT2D eigenvalue weighted by Gasteiger charge is 2.30. The number of carbonyl (C=O) groups is 3. The van der Waals surface area contributed by atoms with Crippen molar-refractivity contribution in [3.8, 4) is 5.75 Å². The fourth-order valence-electron chi connectivity index (χ4n) is 5.68. The largest absolute Gasteiger partial charge is 0.490 e. The summed E-state index contributed by atoms with van der Waals surface area (Å²) in [5.74, 6) is -0.995. The Bertz CT molecular complexity index is 1300. The lowest BCUT2D eigenvalue weighted by atomic mass is 10.0. The number of anilines is 1. The summed E-state index contributed by atoms with van der Waals surface area (Å²) >= 11 is 0. The summed E-state index contributed by atoms with van der Waals surface area (Å²) in [5, 5.41) is 22.4. The molecule has 11 nitrogen and oxygen atoms in total. The van der Waals surface area contributed by atoms with Crippen molar-refractivity contribution in [2.24, 2.45) is 5.92 Å². The summed E-state index contributed by atoms with van der Waals surface area (Å²) in [6.45, 7) is 8.54. The fourth-order valence-corrected chi connectivity index (χ4v) is 5.68. The number of carbonyl (C=O) groups excluding carboxylic acids is 2. The van der Waals surface area contributed by atoms with Gasteiger partial charge in [-0.2, -0.15) is 0 Å². The second-order valence-electron chi connectivity index (χ2n) is 13.2. The number of rotatable bonds is 12. The zero-order chi connectivity index (χ0) is 34.5. The van der Waals surface area contributed by atoms with Gasteiger partial charge in [0.2, 0.25) is 5.91 Å². The van der Waals surface area contributed by atoms with Crippen LogP contribution in [0.5, 0.6) is 5.75 Å². The summed E-state index contributed by atoms with van der Waals surface area (Å²) in [7, 11) is 5.93. The predicted molar refractivity (Wildman–Crippen MR) is 183 cm³/mol. The molecule has 0 fully saturated rings. The van der Waals surface area contributed by atoms with E-state index in [0.29, 0.717) is 49.7 Å². The van der Waals surface area contributed by atoms with E-state index in [1.807, 2.05) is 52.0 Å². The number of hydrogen-bond acceptors (Lipinski definition) is 8. The summed E-state index contributed by atoms with van der Waals surface area (Å²) in [6.07, 6.45) is 3.27. The molecule has 0 spiro atoms. The van der Waals surface area contributed by atoms with Gasteiger partial charge in [-0.3, -0.25) is 14.5 Å². The van der Waals surface area contributed by atoms with Crippen molar-refractivity contribution in [3.05, 3.63) is 59.2 Å².